The summed E-state index contributed by atoms with van der Waals surface area (Å²) >= 11 is 11.7. The van der Waals surface area contributed by atoms with Crippen LogP contribution in [0.25, 0.3) is 0 Å². The highest BCUT2D eigenvalue weighted by molar-refractivity contribution is 6.42. The van der Waals surface area contributed by atoms with Crippen LogP contribution < -0.4 is 0 Å². The molecule has 1 aliphatic carbocycles. The number of benzene rings is 2. The number of phenols is 1. The number of hydrogen-bond donors (Lipinski definition) is 2. The Morgan fingerprint density at radius 3 is 2.31 bits per heavy atom. The van der Waals surface area contributed by atoms with Crippen LogP contribution in [0.5, 0.6) is 5.75 Å². The Morgan fingerprint density at radius 2 is 1.69 bits per heavy atom. The lowest BCUT2D eigenvalue weighted by atomic mass is 9.71. The van der Waals surface area contributed by atoms with E-state index in [2.05, 4.69) is 0 Å². The molecular formula is C19H12Cl2O5. The number of aliphatic carboxylic acids is 1. The highest BCUT2D eigenvalue weighted by Crippen LogP contribution is 2.40. The third kappa shape index (κ3) is 3.23. The summed E-state index contributed by atoms with van der Waals surface area (Å²) in [5.74, 6) is -3.31. The van der Waals surface area contributed by atoms with Crippen LogP contribution in [0.2, 0.25) is 10.0 Å². The average molecular weight is 391 g/mol. The molecule has 3 rings (SSSR count). The number of ketones is 2. The molecule has 0 aliphatic heterocycles. The van der Waals surface area contributed by atoms with Gasteiger partial charge in [-0.2, -0.15) is 0 Å². The molecule has 7 heteroatoms. The van der Waals surface area contributed by atoms with E-state index in [9.17, 15) is 24.6 Å². The van der Waals surface area contributed by atoms with Gasteiger partial charge >= 0.3 is 5.97 Å². The first-order valence-corrected chi connectivity index (χ1v) is 8.34. The Labute approximate surface area is 158 Å². The van der Waals surface area contributed by atoms with Crippen molar-refractivity contribution in [2.75, 3.05) is 0 Å². The zero-order valence-electron chi connectivity index (χ0n) is 13.2. The number of aromatic hydroxyl groups is 1. The number of phenolic OH excluding ortho intramolecular Hbond substituents is 1. The second-order valence-corrected chi connectivity index (χ2v) is 6.64. The minimum Gasteiger partial charge on any atom is -0.508 e. The molecule has 0 bridgehead atoms. The highest BCUT2D eigenvalue weighted by Gasteiger charge is 2.42. The van der Waals surface area contributed by atoms with E-state index in [1.54, 1.807) is 0 Å². The summed E-state index contributed by atoms with van der Waals surface area (Å²) in [7, 11) is 0. The topological polar surface area (TPSA) is 91.7 Å². The van der Waals surface area contributed by atoms with Crippen molar-refractivity contribution < 1.29 is 24.6 Å². The van der Waals surface area contributed by atoms with Crippen molar-refractivity contribution >= 4 is 40.7 Å². The smallest absolute Gasteiger partial charge is 0.332 e. The number of hydrogen-bond acceptors (Lipinski definition) is 4. The molecule has 1 atom stereocenters. The number of carboxylic acids is 1. The van der Waals surface area contributed by atoms with Crippen LogP contribution in [0.4, 0.5) is 0 Å². The first kappa shape index (κ1) is 18.2. The fourth-order valence-electron chi connectivity index (χ4n) is 2.88. The van der Waals surface area contributed by atoms with E-state index in [0.29, 0.717) is 0 Å². The summed E-state index contributed by atoms with van der Waals surface area (Å²) in [6.07, 6.45) is 0.00913. The predicted molar refractivity (Wildman–Crippen MR) is 96.0 cm³/mol. The number of halogens is 2. The molecule has 2 aromatic rings. The molecule has 1 aliphatic rings. The molecule has 0 heterocycles. The first-order chi connectivity index (χ1) is 12.3. The van der Waals surface area contributed by atoms with E-state index < -0.39 is 23.5 Å². The van der Waals surface area contributed by atoms with Crippen molar-refractivity contribution in [3.05, 3.63) is 74.8 Å². The van der Waals surface area contributed by atoms with Crippen LogP contribution in [0.15, 0.2) is 53.6 Å². The molecular weight excluding hydrogens is 379 g/mol. The van der Waals surface area contributed by atoms with Gasteiger partial charge in [0.1, 0.15) is 5.75 Å². The van der Waals surface area contributed by atoms with Crippen LogP contribution in [0, 0.1) is 5.92 Å². The van der Waals surface area contributed by atoms with E-state index in [1.165, 1.54) is 42.5 Å². The van der Waals surface area contributed by atoms with Crippen molar-refractivity contribution in [1.82, 2.24) is 0 Å². The minimum absolute atomic E-state index is 0.00913. The van der Waals surface area contributed by atoms with E-state index in [-0.39, 0.29) is 44.5 Å². The van der Waals surface area contributed by atoms with Gasteiger partial charge in [0, 0.05) is 16.7 Å². The number of allylic oxidation sites excluding steroid dienone is 1. The molecule has 0 spiro atoms. The largest absolute Gasteiger partial charge is 0.508 e. The van der Waals surface area contributed by atoms with Gasteiger partial charge in [-0.05, 0) is 36.8 Å². The van der Waals surface area contributed by atoms with Gasteiger partial charge in [0.25, 0.3) is 0 Å². The van der Waals surface area contributed by atoms with E-state index in [0.717, 1.165) is 0 Å². The summed E-state index contributed by atoms with van der Waals surface area (Å²) in [5.41, 5.74) is 0.224. The summed E-state index contributed by atoms with van der Waals surface area (Å²) < 4.78 is 0. The molecule has 2 aromatic carbocycles. The van der Waals surface area contributed by atoms with Crippen molar-refractivity contribution in [3.8, 4) is 5.75 Å². The van der Waals surface area contributed by atoms with Crippen LogP contribution in [0.1, 0.15) is 27.1 Å². The summed E-state index contributed by atoms with van der Waals surface area (Å²) in [6, 6.07) is 9.91. The fraction of sp³-hybridized carbons (Fsp3) is 0.105. The maximum absolute atomic E-state index is 12.6. The monoisotopic (exact) mass is 390 g/mol. The molecule has 26 heavy (non-hydrogen) atoms. The van der Waals surface area contributed by atoms with Crippen LogP contribution in [0.3, 0.4) is 0 Å². The molecule has 0 amide bonds. The second-order valence-electron chi connectivity index (χ2n) is 5.83. The standard InChI is InChI=1S/C19H12Cl2O5/c20-14-5-4-10(7-15(14)21)18(24)13-8-12(16(13)19(25)26)17(23)9-2-1-3-11(22)6-9/h1-7,13,22H,8H2,(H,25,26). The molecule has 5 nitrogen and oxygen atoms in total. The normalized spacial score (nSPS) is 16.2. The Morgan fingerprint density at radius 1 is 0.962 bits per heavy atom. The Kier molecular flexibility index (Phi) is 4.85. The number of carboxylic acid groups (broad SMARTS) is 1. The Bertz CT molecular complexity index is 978. The minimum atomic E-state index is -1.32. The summed E-state index contributed by atoms with van der Waals surface area (Å²) in [5, 5.41) is 19.4. The molecule has 2 N–H and O–H groups in total. The van der Waals surface area contributed by atoms with E-state index in [4.69, 9.17) is 23.2 Å². The molecule has 1 unspecified atom stereocenters. The van der Waals surface area contributed by atoms with Crippen LogP contribution in [-0.4, -0.2) is 27.7 Å². The van der Waals surface area contributed by atoms with Crippen LogP contribution in [-0.2, 0) is 4.79 Å². The summed E-state index contributed by atoms with van der Waals surface area (Å²) in [6.45, 7) is 0. The van der Waals surface area contributed by atoms with Gasteiger partial charge in [-0.15, -0.1) is 0 Å². The van der Waals surface area contributed by atoms with Gasteiger partial charge in [-0.1, -0.05) is 35.3 Å². The number of Topliss-reactive ketones (excluding diaryl/α,β-unsaturated/α-hetero) is 2. The van der Waals surface area contributed by atoms with Gasteiger partial charge in [0.05, 0.1) is 21.5 Å². The molecule has 0 fully saturated rings. The molecule has 0 saturated heterocycles. The van der Waals surface area contributed by atoms with Crippen molar-refractivity contribution in [1.29, 1.82) is 0 Å². The maximum atomic E-state index is 12.6. The van der Waals surface area contributed by atoms with Gasteiger partial charge in [-0.25, -0.2) is 4.79 Å². The highest BCUT2D eigenvalue weighted by atomic mass is 35.5. The van der Waals surface area contributed by atoms with Crippen molar-refractivity contribution in [2.24, 2.45) is 5.92 Å². The Hall–Kier alpha value is -2.63. The Balaban J connectivity index is 1.94. The molecule has 132 valence electrons. The predicted octanol–water partition coefficient (Wildman–Crippen LogP) is 4.17. The zero-order valence-corrected chi connectivity index (χ0v) is 14.7. The van der Waals surface area contributed by atoms with Crippen molar-refractivity contribution in [2.45, 2.75) is 6.42 Å². The molecule has 0 radical (unpaired) electrons. The molecule has 0 aromatic heterocycles. The van der Waals surface area contributed by atoms with Gasteiger partial charge in [0.2, 0.25) is 0 Å². The average Bonchev–Trinajstić information content (AvgIpc) is 2.55. The summed E-state index contributed by atoms with van der Waals surface area (Å²) in [4.78, 5) is 36.7. The molecule has 0 saturated carbocycles. The van der Waals surface area contributed by atoms with Crippen LogP contribution >= 0.6 is 23.2 Å². The third-order valence-corrected chi connectivity index (χ3v) is 4.95. The maximum Gasteiger partial charge on any atom is 0.332 e. The zero-order chi connectivity index (χ0) is 19.0. The van der Waals surface area contributed by atoms with E-state index in [1.807, 2.05) is 0 Å². The van der Waals surface area contributed by atoms with Gasteiger partial charge in [-0.3, -0.25) is 9.59 Å². The fourth-order valence-corrected chi connectivity index (χ4v) is 3.18. The lowest BCUT2D eigenvalue weighted by Crippen LogP contribution is -2.34. The first-order valence-electron chi connectivity index (χ1n) is 7.59. The van der Waals surface area contributed by atoms with Gasteiger partial charge < -0.3 is 10.2 Å². The lowest BCUT2D eigenvalue weighted by Gasteiger charge is -2.29. The SMILES string of the molecule is O=C(O)C1=C(C(=O)c2cccc(O)c2)CC1C(=O)c1ccc(Cl)c(Cl)c1. The number of carbonyl (C=O) groups excluding carboxylic acids is 2. The lowest BCUT2D eigenvalue weighted by molar-refractivity contribution is -0.133. The van der Waals surface area contributed by atoms with E-state index >= 15 is 0 Å². The third-order valence-electron chi connectivity index (χ3n) is 4.22. The quantitative estimate of drug-likeness (QED) is 0.747. The number of carbonyl (C=O) groups is 3. The van der Waals surface area contributed by atoms with Gasteiger partial charge in [0.15, 0.2) is 11.6 Å². The van der Waals surface area contributed by atoms with Crippen molar-refractivity contribution in [3.63, 3.8) is 0 Å². The second kappa shape index (κ2) is 6.94. The number of rotatable bonds is 5.